The molecule has 9 heteroatoms. The molecule has 1 fully saturated rings. The molecule has 0 radical (unpaired) electrons. The number of aliphatic hydroxyl groups is 1. The van der Waals surface area contributed by atoms with Gasteiger partial charge in [0.05, 0.1) is 29.9 Å². The quantitative estimate of drug-likeness (QED) is 0.220. The van der Waals surface area contributed by atoms with Crippen molar-refractivity contribution in [2.75, 3.05) is 12.0 Å². The van der Waals surface area contributed by atoms with Crippen molar-refractivity contribution in [3.05, 3.63) is 100 Å². The molecular weight excluding hydrogens is 466 g/mol. The fourth-order valence-corrected chi connectivity index (χ4v) is 4.04. The Morgan fingerprint density at radius 3 is 2.31 bits per heavy atom. The number of hydrogen-bond acceptors (Lipinski definition) is 4. The number of amides is 1. The molecule has 3 aromatic carbocycles. The number of Topliss-reactive ketones (excluding diaryl/α,β-unsaturated/α-hetero) is 1. The van der Waals surface area contributed by atoms with E-state index in [0.717, 1.165) is 40.8 Å². The summed E-state index contributed by atoms with van der Waals surface area (Å²) in [5.74, 6) is -3.17. The van der Waals surface area contributed by atoms with E-state index < -0.39 is 41.0 Å². The zero-order valence-corrected chi connectivity index (χ0v) is 18.6. The molecular formula is C26H19F4NO4. The number of halogens is 4. The topological polar surface area (TPSA) is 66.8 Å². The van der Waals surface area contributed by atoms with E-state index >= 15 is 0 Å². The van der Waals surface area contributed by atoms with Crippen LogP contribution in [0.2, 0.25) is 0 Å². The Bertz CT molecular complexity index is 1350. The van der Waals surface area contributed by atoms with E-state index in [1.54, 1.807) is 25.1 Å². The molecule has 1 aliphatic rings. The molecule has 0 aliphatic carbocycles. The van der Waals surface area contributed by atoms with Crippen molar-refractivity contribution in [3.63, 3.8) is 0 Å². The lowest BCUT2D eigenvalue weighted by Gasteiger charge is -2.26. The number of aryl methyl sites for hydroxylation is 1. The molecule has 35 heavy (non-hydrogen) atoms. The first kappa shape index (κ1) is 24.0. The van der Waals surface area contributed by atoms with Crippen LogP contribution < -0.4 is 9.64 Å². The van der Waals surface area contributed by atoms with E-state index in [1.165, 1.54) is 25.3 Å². The number of alkyl halides is 3. The molecule has 180 valence electrons. The third-order valence-electron chi connectivity index (χ3n) is 5.69. The normalized spacial score (nSPS) is 17.7. The number of benzene rings is 3. The molecule has 0 saturated carbocycles. The van der Waals surface area contributed by atoms with Gasteiger partial charge in [-0.05, 0) is 55.0 Å². The highest BCUT2D eigenvalue weighted by Gasteiger charge is 2.47. The maximum Gasteiger partial charge on any atom is 0.416 e. The number of nitrogens with zero attached hydrogens (tertiary/aromatic N) is 1. The molecule has 0 bridgehead atoms. The van der Waals surface area contributed by atoms with Crippen LogP contribution in [0, 0.1) is 12.7 Å². The maximum absolute atomic E-state index is 13.6. The van der Waals surface area contributed by atoms with Crippen molar-refractivity contribution in [2.45, 2.75) is 19.1 Å². The van der Waals surface area contributed by atoms with Crippen LogP contribution in [0.4, 0.5) is 23.2 Å². The molecule has 5 nitrogen and oxygen atoms in total. The lowest BCUT2D eigenvalue weighted by atomic mass is 9.94. The summed E-state index contributed by atoms with van der Waals surface area (Å²) in [5, 5.41) is 11.2. The van der Waals surface area contributed by atoms with Crippen LogP contribution in [-0.4, -0.2) is 23.9 Å². The van der Waals surface area contributed by atoms with Gasteiger partial charge in [-0.2, -0.15) is 13.2 Å². The second kappa shape index (κ2) is 8.90. The summed E-state index contributed by atoms with van der Waals surface area (Å²) in [6.45, 7) is 1.74. The minimum absolute atomic E-state index is 0.127. The van der Waals surface area contributed by atoms with Gasteiger partial charge in [-0.25, -0.2) is 4.39 Å². The van der Waals surface area contributed by atoms with Crippen molar-refractivity contribution in [2.24, 2.45) is 0 Å². The molecule has 4 rings (SSSR count). The summed E-state index contributed by atoms with van der Waals surface area (Å²) in [7, 11) is 1.36. The molecule has 1 heterocycles. The smallest absolute Gasteiger partial charge is 0.416 e. The lowest BCUT2D eigenvalue weighted by molar-refractivity contribution is -0.137. The minimum atomic E-state index is -4.69. The van der Waals surface area contributed by atoms with E-state index in [9.17, 15) is 32.3 Å². The fourth-order valence-electron chi connectivity index (χ4n) is 4.04. The number of carbonyl (C=O) groups excluding carboxylic acids is 2. The summed E-state index contributed by atoms with van der Waals surface area (Å²) < 4.78 is 59.0. The number of aliphatic hydroxyl groups excluding tert-OH is 1. The molecule has 3 aromatic rings. The van der Waals surface area contributed by atoms with Gasteiger partial charge in [0.15, 0.2) is 0 Å². The van der Waals surface area contributed by atoms with E-state index in [-0.39, 0.29) is 28.1 Å². The van der Waals surface area contributed by atoms with Gasteiger partial charge in [-0.15, -0.1) is 0 Å². The summed E-state index contributed by atoms with van der Waals surface area (Å²) in [5.41, 5.74) is -0.514. The van der Waals surface area contributed by atoms with E-state index in [0.29, 0.717) is 0 Å². The fraction of sp³-hybridized carbons (Fsp3) is 0.154. The highest BCUT2D eigenvalue weighted by molar-refractivity contribution is 6.51. The van der Waals surface area contributed by atoms with Crippen LogP contribution in [0.5, 0.6) is 5.75 Å². The average molecular weight is 485 g/mol. The van der Waals surface area contributed by atoms with Crippen molar-refractivity contribution in [1.82, 2.24) is 0 Å². The first-order chi connectivity index (χ1) is 16.5. The van der Waals surface area contributed by atoms with Crippen molar-refractivity contribution in [1.29, 1.82) is 0 Å². The number of hydrogen-bond donors (Lipinski definition) is 1. The predicted octanol–water partition coefficient (Wildman–Crippen LogP) is 5.79. The molecule has 1 atom stereocenters. The third kappa shape index (κ3) is 4.37. The molecule has 1 unspecified atom stereocenters. The maximum atomic E-state index is 13.6. The van der Waals surface area contributed by atoms with Gasteiger partial charge in [0, 0.05) is 5.69 Å². The number of anilines is 1. The highest BCUT2D eigenvalue weighted by atomic mass is 19.4. The van der Waals surface area contributed by atoms with Crippen LogP contribution in [0.15, 0.2) is 72.3 Å². The van der Waals surface area contributed by atoms with Gasteiger partial charge >= 0.3 is 6.18 Å². The molecule has 0 spiro atoms. The number of methoxy groups -OCH3 is 1. The Hall–Kier alpha value is -4.14. The Morgan fingerprint density at radius 1 is 1.00 bits per heavy atom. The average Bonchev–Trinajstić information content (AvgIpc) is 3.09. The SMILES string of the molecule is COc1ccc(C)cc1/C(O)=C1\C(=O)C(=O)N(c2cccc(C(F)(F)F)c2)C1c1ccc(F)cc1. The Kier molecular flexibility index (Phi) is 6.10. The van der Waals surface area contributed by atoms with E-state index in [1.807, 2.05) is 0 Å². The van der Waals surface area contributed by atoms with E-state index in [2.05, 4.69) is 0 Å². The Morgan fingerprint density at radius 2 is 1.69 bits per heavy atom. The molecule has 0 aromatic heterocycles. The van der Waals surface area contributed by atoms with Crippen LogP contribution in [0.3, 0.4) is 0 Å². The molecule has 1 aliphatic heterocycles. The molecule has 1 N–H and O–H groups in total. The second-order valence-electron chi connectivity index (χ2n) is 7.97. The van der Waals surface area contributed by atoms with Crippen molar-refractivity contribution < 1.29 is 37.0 Å². The lowest BCUT2D eigenvalue weighted by Crippen LogP contribution is -2.29. The summed E-state index contributed by atoms with van der Waals surface area (Å²) in [6, 6.07) is 12.3. The second-order valence-corrected chi connectivity index (χ2v) is 7.97. The molecule has 1 saturated heterocycles. The zero-order chi connectivity index (χ0) is 25.5. The standard InChI is InChI=1S/C26H19F4NO4/c1-14-6-11-20(35-2)19(12-14)23(32)21-22(15-7-9-17(27)10-8-15)31(25(34)24(21)33)18-5-3-4-16(13-18)26(28,29)30/h3-13,22,32H,1-2H3/b23-21+. The summed E-state index contributed by atoms with van der Waals surface area (Å²) in [6.07, 6.45) is -4.69. The first-order valence-electron chi connectivity index (χ1n) is 10.4. The van der Waals surface area contributed by atoms with Gasteiger partial charge in [0.2, 0.25) is 0 Å². The summed E-state index contributed by atoms with van der Waals surface area (Å²) in [4.78, 5) is 27.2. The van der Waals surface area contributed by atoms with Crippen molar-refractivity contribution >= 4 is 23.1 Å². The van der Waals surface area contributed by atoms with Crippen LogP contribution in [-0.2, 0) is 15.8 Å². The van der Waals surface area contributed by atoms with Gasteiger partial charge in [0.25, 0.3) is 11.7 Å². The van der Waals surface area contributed by atoms with Crippen LogP contribution in [0.1, 0.15) is 28.3 Å². The molecule has 1 amide bonds. The number of ether oxygens (including phenoxy) is 1. The summed E-state index contributed by atoms with van der Waals surface area (Å²) >= 11 is 0. The van der Waals surface area contributed by atoms with Gasteiger partial charge < -0.3 is 9.84 Å². The predicted molar refractivity (Wildman–Crippen MR) is 120 cm³/mol. The van der Waals surface area contributed by atoms with Crippen LogP contribution in [0.25, 0.3) is 5.76 Å². The zero-order valence-electron chi connectivity index (χ0n) is 18.6. The number of ketones is 1. The van der Waals surface area contributed by atoms with Crippen molar-refractivity contribution in [3.8, 4) is 5.75 Å². The Labute approximate surface area is 197 Å². The first-order valence-corrected chi connectivity index (χ1v) is 10.4. The van der Waals surface area contributed by atoms with Crippen LogP contribution >= 0.6 is 0 Å². The van der Waals surface area contributed by atoms with Gasteiger partial charge in [0.1, 0.15) is 17.3 Å². The largest absolute Gasteiger partial charge is 0.507 e. The number of carbonyl (C=O) groups is 2. The number of rotatable bonds is 4. The van der Waals surface area contributed by atoms with E-state index in [4.69, 9.17) is 4.74 Å². The van der Waals surface area contributed by atoms with Gasteiger partial charge in [-0.3, -0.25) is 14.5 Å². The Balaban J connectivity index is 1.98. The monoisotopic (exact) mass is 485 g/mol. The highest BCUT2D eigenvalue weighted by Crippen LogP contribution is 2.44. The minimum Gasteiger partial charge on any atom is -0.507 e. The van der Waals surface area contributed by atoms with Gasteiger partial charge in [-0.1, -0.05) is 29.8 Å². The third-order valence-corrected chi connectivity index (χ3v) is 5.69.